The minimum absolute atomic E-state index is 0.0382. The van der Waals surface area contributed by atoms with Gasteiger partial charge in [0.15, 0.2) is 0 Å². The van der Waals surface area contributed by atoms with Crippen molar-refractivity contribution in [1.29, 1.82) is 0 Å². The number of carbonyl (C=O) groups is 1. The summed E-state index contributed by atoms with van der Waals surface area (Å²) in [7, 11) is 0. The van der Waals surface area contributed by atoms with E-state index in [0.29, 0.717) is 0 Å². The first-order chi connectivity index (χ1) is 5.83. The van der Waals surface area contributed by atoms with E-state index in [1.807, 2.05) is 13.1 Å². The van der Waals surface area contributed by atoms with E-state index < -0.39 is 0 Å². The number of nitrogens with zero attached hydrogens (tertiary/aromatic N) is 2. The summed E-state index contributed by atoms with van der Waals surface area (Å²) >= 11 is 0. The van der Waals surface area contributed by atoms with Crippen LogP contribution < -0.4 is 0 Å². The first kappa shape index (κ1) is 7.53. The molecule has 3 heteroatoms. The molecule has 2 heterocycles. The van der Waals surface area contributed by atoms with Crippen LogP contribution in [0.1, 0.15) is 30.4 Å². The molecule has 0 radical (unpaired) electrons. The molecular weight excluding hydrogens is 152 g/mol. The van der Waals surface area contributed by atoms with E-state index in [-0.39, 0.29) is 6.04 Å². The summed E-state index contributed by atoms with van der Waals surface area (Å²) in [6.07, 6.45) is 6.04. The highest BCUT2D eigenvalue weighted by molar-refractivity contribution is 5.56. The summed E-state index contributed by atoms with van der Waals surface area (Å²) in [6.45, 7) is 1.95. The molecule has 0 N–H and O–H groups in total. The number of hydrogen-bond donors (Lipinski definition) is 0. The number of aldehydes is 1. The molecule has 64 valence electrons. The summed E-state index contributed by atoms with van der Waals surface area (Å²) in [5, 5.41) is 0. The molecule has 0 aliphatic carbocycles. The van der Waals surface area contributed by atoms with Gasteiger partial charge >= 0.3 is 0 Å². The van der Waals surface area contributed by atoms with Crippen LogP contribution in [0.15, 0.2) is 6.20 Å². The number of fused-ring (bicyclic) bond motifs is 1. The molecule has 3 nitrogen and oxygen atoms in total. The third-order valence-electron chi connectivity index (χ3n) is 2.48. The molecule has 1 aliphatic heterocycles. The Kier molecular flexibility index (Phi) is 1.71. The maximum absolute atomic E-state index is 10.7. The van der Waals surface area contributed by atoms with Crippen LogP contribution >= 0.6 is 0 Å². The van der Waals surface area contributed by atoms with Crippen LogP contribution in [0.5, 0.6) is 0 Å². The van der Waals surface area contributed by atoms with E-state index in [4.69, 9.17) is 0 Å². The van der Waals surface area contributed by atoms with Gasteiger partial charge in [0.05, 0.1) is 6.04 Å². The monoisotopic (exact) mass is 164 g/mol. The van der Waals surface area contributed by atoms with Crippen molar-refractivity contribution in [2.24, 2.45) is 0 Å². The van der Waals surface area contributed by atoms with E-state index in [2.05, 4.69) is 9.55 Å². The predicted octanol–water partition coefficient (Wildman–Crippen LogP) is 1.27. The van der Waals surface area contributed by atoms with Gasteiger partial charge < -0.3 is 9.36 Å². The molecule has 0 saturated heterocycles. The maximum Gasteiger partial charge on any atom is 0.142 e. The second-order valence-corrected chi connectivity index (χ2v) is 3.26. The minimum Gasteiger partial charge on any atom is -0.322 e. The molecule has 12 heavy (non-hydrogen) atoms. The van der Waals surface area contributed by atoms with Crippen LogP contribution in [-0.4, -0.2) is 15.8 Å². The summed E-state index contributed by atoms with van der Waals surface area (Å²) < 4.78 is 2.05. The summed E-state index contributed by atoms with van der Waals surface area (Å²) in [4.78, 5) is 14.9. The number of aryl methyl sites for hydroxylation is 2. The second-order valence-electron chi connectivity index (χ2n) is 3.26. The molecule has 1 atom stereocenters. The average molecular weight is 164 g/mol. The molecule has 1 aliphatic rings. The first-order valence-electron chi connectivity index (χ1n) is 4.31. The van der Waals surface area contributed by atoms with Crippen molar-refractivity contribution in [2.75, 3.05) is 0 Å². The fraction of sp³-hybridized carbons (Fsp3) is 0.556. The molecule has 0 fully saturated rings. The largest absolute Gasteiger partial charge is 0.322 e. The molecule has 1 unspecified atom stereocenters. The Morgan fingerprint density at radius 1 is 1.75 bits per heavy atom. The van der Waals surface area contributed by atoms with Crippen LogP contribution in [0.25, 0.3) is 0 Å². The Labute approximate surface area is 71.4 Å². The molecule has 0 aromatic carbocycles. The predicted molar refractivity (Wildman–Crippen MR) is 45.0 cm³/mol. The normalized spacial score (nSPS) is 21.9. The number of carbonyl (C=O) groups excluding carboxylic acids is 1. The van der Waals surface area contributed by atoms with Crippen molar-refractivity contribution in [3.63, 3.8) is 0 Å². The van der Waals surface area contributed by atoms with Crippen molar-refractivity contribution in [3.05, 3.63) is 17.7 Å². The van der Waals surface area contributed by atoms with Gasteiger partial charge in [-0.3, -0.25) is 0 Å². The van der Waals surface area contributed by atoms with Gasteiger partial charge in [-0.25, -0.2) is 4.98 Å². The van der Waals surface area contributed by atoms with Gasteiger partial charge in [0.25, 0.3) is 0 Å². The average Bonchev–Trinajstić information content (AvgIpc) is 2.48. The summed E-state index contributed by atoms with van der Waals surface area (Å²) in [5.41, 5.74) is 1.20. The fourth-order valence-corrected chi connectivity index (χ4v) is 1.89. The number of imidazole rings is 1. The van der Waals surface area contributed by atoms with Crippen molar-refractivity contribution >= 4 is 6.29 Å². The van der Waals surface area contributed by atoms with Crippen LogP contribution in [0.3, 0.4) is 0 Å². The van der Waals surface area contributed by atoms with Crippen molar-refractivity contribution in [2.45, 2.75) is 32.2 Å². The summed E-state index contributed by atoms with van der Waals surface area (Å²) in [6, 6.07) is 0.0382. The molecule has 0 amide bonds. The van der Waals surface area contributed by atoms with Crippen molar-refractivity contribution < 1.29 is 4.79 Å². The molecule has 2 rings (SSSR count). The Hall–Kier alpha value is -1.12. The lowest BCUT2D eigenvalue weighted by Gasteiger charge is -2.21. The number of aromatic nitrogens is 2. The highest BCUT2D eigenvalue weighted by Crippen LogP contribution is 2.24. The molecule has 0 saturated carbocycles. The third kappa shape index (κ3) is 0.967. The topological polar surface area (TPSA) is 34.9 Å². The molecule has 1 aromatic heterocycles. The van der Waals surface area contributed by atoms with Gasteiger partial charge in [-0.05, 0) is 26.2 Å². The highest BCUT2D eigenvalue weighted by Gasteiger charge is 2.20. The summed E-state index contributed by atoms with van der Waals surface area (Å²) in [5.74, 6) is 0.960. The lowest BCUT2D eigenvalue weighted by molar-refractivity contribution is -0.111. The van der Waals surface area contributed by atoms with Crippen LogP contribution in [0, 0.1) is 6.92 Å². The van der Waals surface area contributed by atoms with E-state index in [1.54, 1.807) is 0 Å². The molecule has 1 aromatic rings. The van der Waals surface area contributed by atoms with E-state index in [9.17, 15) is 4.79 Å². The van der Waals surface area contributed by atoms with Gasteiger partial charge in [0, 0.05) is 11.9 Å². The smallest absolute Gasteiger partial charge is 0.142 e. The first-order valence-corrected chi connectivity index (χ1v) is 4.31. The lowest BCUT2D eigenvalue weighted by atomic mass is 10.0. The Bertz CT molecular complexity index is 303. The van der Waals surface area contributed by atoms with Gasteiger partial charge in [-0.1, -0.05) is 0 Å². The minimum atomic E-state index is 0.0382. The SMILES string of the molecule is Cc1ncc2n1C(C=O)CCC2. The van der Waals surface area contributed by atoms with Crippen LogP contribution in [0.2, 0.25) is 0 Å². The standard InChI is InChI=1S/C9H12N2O/c1-7-10-5-8-3-2-4-9(6-12)11(7)8/h5-6,9H,2-4H2,1H3. The Balaban J connectivity index is 2.47. The quantitative estimate of drug-likeness (QED) is 0.586. The van der Waals surface area contributed by atoms with E-state index in [0.717, 1.165) is 31.4 Å². The van der Waals surface area contributed by atoms with Crippen LogP contribution in [-0.2, 0) is 11.2 Å². The van der Waals surface area contributed by atoms with Crippen molar-refractivity contribution in [1.82, 2.24) is 9.55 Å². The van der Waals surface area contributed by atoms with E-state index in [1.165, 1.54) is 5.69 Å². The number of rotatable bonds is 1. The lowest BCUT2D eigenvalue weighted by Crippen LogP contribution is -2.19. The maximum atomic E-state index is 10.7. The molecular formula is C9H12N2O. The Morgan fingerprint density at radius 3 is 3.33 bits per heavy atom. The second kappa shape index (κ2) is 2.73. The zero-order valence-corrected chi connectivity index (χ0v) is 7.16. The van der Waals surface area contributed by atoms with Gasteiger partial charge in [-0.2, -0.15) is 0 Å². The number of hydrogen-bond acceptors (Lipinski definition) is 2. The fourth-order valence-electron chi connectivity index (χ4n) is 1.89. The molecule has 0 spiro atoms. The molecule has 0 bridgehead atoms. The zero-order valence-electron chi connectivity index (χ0n) is 7.16. The van der Waals surface area contributed by atoms with E-state index >= 15 is 0 Å². The Morgan fingerprint density at radius 2 is 2.58 bits per heavy atom. The van der Waals surface area contributed by atoms with Crippen molar-refractivity contribution in [3.8, 4) is 0 Å². The van der Waals surface area contributed by atoms with Gasteiger partial charge in [0.1, 0.15) is 12.1 Å². The van der Waals surface area contributed by atoms with Gasteiger partial charge in [0.2, 0.25) is 0 Å². The highest BCUT2D eigenvalue weighted by atomic mass is 16.1. The van der Waals surface area contributed by atoms with Gasteiger partial charge in [-0.15, -0.1) is 0 Å². The third-order valence-corrected chi connectivity index (χ3v) is 2.48. The zero-order chi connectivity index (χ0) is 8.55. The van der Waals surface area contributed by atoms with Crippen LogP contribution in [0.4, 0.5) is 0 Å².